The molecule has 1 amide bonds. The lowest BCUT2D eigenvalue weighted by atomic mass is 10.1. The van der Waals surface area contributed by atoms with E-state index in [2.05, 4.69) is 20.3 Å². The SMILES string of the molecule is CN=C(C=C(N)C(F)(F)F)NC(=O)c1ccc2cc(-c3ncccc3F)cnc2c1. The zero-order chi connectivity index (χ0) is 21.9. The Morgan fingerprint density at radius 1 is 1.20 bits per heavy atom. The molecule has 6 nitrogen and oxygen atoms in total. The second-order valence-corrected chi connectivity index (χ2v) is 6.13. The highest BCUT2D eigenvalue weighted by Crippen LogP contribution is 2.24. The number of benzene rings is 1. The number of nitrogens with two attached hydrogens (primary N) is 1. The number of amidine groups is 1. The summed E-state index contributed by atoms with van der Waals surface area (Å²) in [5.74, 6) is -1.53. The molecule has 0 unspecified atom stereocenters. The summed E-state index contributed by atoms with van der Waals surface area (Å²) in [5, 5.41) is 2.89. The van der Waals surface area contributed by atoms with Gasteiger partial charge in [0.2, 0.25) is 0 Å². The third-order valence-electron chi connectivity index (χ3n) is 4.08. The van der Waals surface area contributed by atoms with Crippen LogP contribution in [0.1, 0.15) is 10.4 Å². The average molecular weight is 417 g/mol. The summed E-state index contributed by atoms with van der Waals surface area (Å²) < 4.78 is 51.6. The molecule has 0 radical (unpaired) electrons. The Morgan fingerprint density at radius 2 is 1.97 bits per heavy atom. The number of fused-ring (bicyclic) bond motifs is 1. The molecule has 1 aromatic carbocycles. The highest BCUT2D eigenvalue weighted by molar-refractivity contribution is 6.11. The number of nitrogens with zero attached hydrogens (tertiary/aromatic N) is 3. The van der Waals surface area contributed by atoms with Gasteiger partial charge in [0, 0.05) is 42.0 Å². The highest BCUT2D eigenvalue weighted by Gasteiger charge is 2.31. The van der Waals surface area contributed by atoms with E-state index in [0.717, 1.165) is 0 Å². The minimum atomic E-state index is -4.74. The fourth-order valence-electron chi connectivity index (χ4n) is 2.56. The number of allylic oxidation sites excluding steroid dienone is 1. The van der Waals surface area contributed by atoms with E-state index >= 15 is 0 Å². The van der Waals surface area contributed by atoms with Gasteiger partial charge >= 0.3 is 6.18 Å². The van der Waals surface area contributed by atoms with Crippen molar-refractivity contribution in [3.05, 3.63) is 71.9 Å². The number of rotatable bonds is 3. The van der Waals surface area contributed by atoms with E-state index in [1.807, 2.05) is 0 Å². The monoisotopic (exact) mass is 417 g/mol. The number of halogens is 4. The molecule has 3 N–H and O–H groups in total. The molecule has 154 valence electrons. The van der Waals surface area contributed by atoms with Crippen LogP contribution in [-0.4, -0.2) is 34.9 Å². The van der Waals surface area contributed by atoms with Gasteiger partial charge in [-0.2, -0.15) is 13.2 Å². The van der Waals surface area contributed by atoms with Crippen LogP contribution in [0.5, 0.6) is 0 Å². The van der Waals surface area contributed by atoms with Crippen molar-refractivity contribution in [3.8, 4) is 11.3 Å². The quantitative estimate of drug-likeness (QED) is 0.387. The van der Waals surface area contributed by atoms with E-state index in [1.54, 1.807) is 12.1 Å². The van der Waals surface area contributed by atoms with Crippen LogP contribution in [0.3, 0.4) is 0 Å². The zero-order valence-corrected chi connectivity index (χ0v) is 15.5. The number of pyridine rings is 2. The number of alkyl halides is 3. The van der Waals surface area contributed by atoms with Crippen LogP contribution in [0.2, 0.25) is 0 Å². The van der Waals surface area contributed by atoms with Crippen LogP contribution in [0.15, 0.2) is 65.6 Å². The predicted octanol–water partition coefficient (Wildman–Crippen LogP) is 3.60. The minimum absolute atomic E-state index is 0.145. The maximum Gasteiger partial charge on any atom is 0.430 e. The zero-order valence-electron chi connectivity index (χ0n) is 15.5. The average Bonchev–Trinajstić information content (AvgIpc) is 2.72. The Labute approximate surface area is 168 Å². The van der Waals surface area contributed by atoms with Crippen molar-refractivity contribution >= 4 is 22.6 Å². The molecule has 3 rings (SSSR count). The maximum absolute atomic E-state index is 13.9. The van der Waals surface area contributed by atoms with Gasteiger partial charge in [-0.3, -0.25) is 19.8 Å². The van der Waals surface area contributed by atoms with Gasteiger partial charge in [0.25, 0.3) is 5.91 Å². The van der Waals surface area contributed by atoms with Crippen molar-refractivity contribution in [2.75, 3.05) is 7.05 Å². The van der Waals surface area contributed by atoms with Crippen molar-refractivity contribution in [3.63, 3.8) is 0 Å². The van der Waals surface area contributed by atoms with Crippen LogP contribution in [-0.2, 0) is 0 Å². The lowest BCUT2D eigenvalue weighted by Gasteiger charge is -2.09. The van der Waals surface area contributed by atoms with Crippen LogP contribution >= 0.6 is 0 Å². The van der Waals surface area contributed by atoms with Crippen LogP contribution in [0, 0.1) is 5.82 Å². The number of aliphatic imine (C=N–C) groups is 1. The van der Waals surface area contributed by atoms with Crippen molar-refractivity contribution < 1.29 is 22.4 Å². The van der Waals surface area contributed by atoms with Crippen molar-refractivity contribution in [1.29, 1.82) is 0 Å². The molecule has 0 aliphatic rings. The largest absolute Gasteiger partial charge is 0.430 e. The lowest BCUT2D eigenvalue weighted by Crippen LogP contribution is -2.31. The van der Waals surface area contributed by atoms with Gasteiger partial charge in [0.15, 0.2) is 0 Å². The lowest BCUT2D eigenvalue weighted by molar-refractivity contribution is -0.0925. The van der Waals surface area contributed by atoms with Gasteiger partial charge in [0.05, 0.1) is 5.52 Å². The predicted molar refractivity (Wildman–Crippen MR) is 104 cm³/mol. The number of hydrogen-bond acceptors (Lipinski definition) is 5. The van der Waals surface area contributed by atoms with E-state index in [1.165, 1.54) is 43.7 Å². The van der Waals surface area contributed by atoms with Crippen molar-refractivity contribution in [2.24, 2.45) is 10.7 Å². The Kier molecular flexibility index (Phi) is 5.77. The topological polar surface area (TPSA) is 93.3 Å². The molecule has 0 spiro atoms. The molecule has 0 atom stereocenters. The van der Waals surface area contributed by atoms with Crippen LogP contribution in [0.25, 0.3) is 22.2 Å². The summed E-state index contributed by atoms with van der Waals surface area (Å²) in [6, 6.07) is 8.93. The first-order valence-electron chi connectivity index (χ1n) is 8.52. The molecular formula is C20H15F4N5O. The third kappa shape index (κ3) is 4.59. The summed E-state index contributed by atoms with van der Waals surface area (Å²) in [4.78, 5) is 24.2. The van der Waals surface area contributed by atoms with Crippen LogP contribution in [0.4, 0.5) is 17.6 Å². The first-order valence-corrected chi connectivity index (χ1v) is 8.52. The molecule has 0 aliphatic carbocycles. The number of aromatic nitrogens is 2. The van der Waals surface area contributed by atoms with Gasteiger partial charge in [-0.05, 0) is 30.3 Å². The summed E-state index contributed by atoms with van der Waals surface area (Å²) >= 11 is 0. The molecule has 0 aliphatic heterocycles. The molecule has 3 aromatic rings. The summed E-state index contributed by atoms with van der Waals surface area (Å²) in [7, 11) is 1.22. The molecule has 0 bridgehead atoms. The fraction of sp³-hybridized carbons (Fsp3) is 0.100. The van der Waals surface area contributed by atoms with Gasteiger partial charge in [-0.25, -0.2) is 4.39 Å². The normalized spacial score (nSPS) is 12.8. The Balaban J connectivity index is 1.86. The van der Waals surface area contributed by atoms with E-state index in [9.17, 15) is 22.4 Å². The second-order valence-electron chi connectivity index (χ2n) is 6.13. The smallest absolute Gasteiger partial charge is 0.395 e. The summed E-state index contributed by atoms with van der Waals surface area (Å²) in [6.45, 7) is 0. The number of nitrogens with one attached hydrogen (secondary N) is 1. The highest BCUT2D eigenvalue weighted by atomic mass is 19.4. The number of hydrogen-bond donors (Lipinski definition) is 2. The molecule has 2 heterocycles. The van der Waals surface area contributed by atoms with Crippen molar-refractivity contribution in [1.82, 2.24) is 15.3 Å². The van der Waals surface area contributed by atoms with Gasteiger partial charge < -0.3 is 11.1 Å². The first kappa shape index (κ1) is 20.9. The molecule has 0 saturated carbocycles. The van der Waals surface area contributed by atoms with E-state index in [4.69, 9.17) is 5.73 Å². The number of amides is 1. The van der Waals surface area contributed by atoms with E-state index in [-0.39, 0.29) is 17.1 Å². The molecule has 10 heteroatoms. The Bertz CT molecular complexity index is 1170. The summed E-state index contributed by atoms with van der Waals surface area (Å²) in [6.07, 6.45) is -1.33. The second kappa shape index (κ2) is 8.27. The minimum Gasteiger partial charge on any atom is -0.395 e. The third-order valence-corrected chi connectivity index (χ3v) is 4.08. The van der Waals surface area contributed by atoms with Crippen LogP contribution < -0.4 is 11.1 Å². The van der Waals surface area contributed by atoms with Gasteiger partial charge in [0.1, 0.15) is 23.0 Å². The number of carbonyl (C=O) groups excluding carboxylic acids is 1. The van der Waals surface area contributed by atoms with Crippen molar-refractivity contribution in [2.45, 2.75) is 6.18 Å². The standard InChI is InChI=1S/C20H15F4N5O/c1-26-17(9-16(25)20(22,23)24)29-19(30)12-5-4-11-7-13(10-28-15(11)8-12)18-14(21)3-2-6-27-18/h2-10H,25H2,1H3,(H,26,29,30). The molecule has 0 fully saturated rings. The number of carbonyl (C=O) groups is 1. The van der Waals surface area contributed by atoms with Gasteiger partial charge in [-0.15, -0.1) is 0 Å². The molecule has 30 heavy (non-hydrogen) atoms. The molecule has 2 aromatic heterocycles. The Morgan fingerprint density at radius 3 is 2.63 bits per heavy atom. The maximum atomic E-state index is 13.9. The fourth-order valence-corrected chi connectivity index (χ4v) is 2.56. The first-order chi connectivity index (χ1) is 14.2. The Hall–Kier alpha value is -3.82. The molecular weight excluding hydrogens is 402 g/mol. The molecule has 0 saturated heterocycles. The summed E-state index contributed by atoms with van der Waals surface area (Å²) in [5.41, 5.74) is 4.75. The van der Waals surface area contributed by atoms with E-state index in [0.29, 0.717) is 22.5 Å². The van der Waals surface area contributed by atoms with E-state index < -0.39 is 23.6 Å². The van der Waals surface area contributed by atoms with Gasteiger partial charge in [-0.1, -0.05) is 6.07 Å².